The Kier molecular flexibility index (Phi) is 5.99. The summed E-state index contributed by atoms with van der Waals surface area (Å²) in [7, 11) is 0. The summed E-state index contributed by atoms with van der Waals surface area (Å²) in [5.41, 5.74) is 0.627. The number of benzene rings is 2. The van der Waals surface area contributed by atoms with Crippen LogP contribution in [0.2, 0.25) is 0 Å². The smallest absolute Gasteiger partial charge is 0.235 e. The molecule has 0 aromatic heterocycles. The molecule has 0 N–H and O–H groups in total. The lowest BCUT2D eigenvalue weighted by molar-refractivity contribution is 0.0816. The second-order valence-electron chi connectivity index (χ2n) is 3.97. The molecule has 21 heavy (non-hydrogen) atoms. The fourth-order valence-electron chi connectivity index (χ4n) is 1.64. The maximum absolute atomic E-state index is 12.5. The molecule has 7 heteroatoms. The Balaban J connectivity index is 2.58. The molecule has 2 rings (SSSR count). The molecular formula is C14H5Br5O2. The predicted molar refractivity (Wildman–Crippen MR) is 100 cm³/mol. The van der Waals surface area contributed by atoms with E-state index in [9.17, 15) is 9.59 Å². The van der Waals surface area contributed by atoms with Gasteiger partial charge in [-0.15, -0.1) is 0 Å². The first-order chi connectivity index (χ1) is 9.86. The van der Waals surface area contributed by atoms with Gasteiger partial charge in [0.2, 0.25) is 11.6 Å². The molecule has 2 nitrogen and oxygen atoms in total. The van der Waals surface area contributed by atoms with Gasteiger partial charge in [-0.3, -0.25) is 9.59 Å². The quantitative estimate of drug-likeness (QED) is 0.172. The van der Waals surface area contributed by atoms with E-state index >= 15 is 0 Å². The first-order valence-corrected chi connectivity index (χ1v) is 9.48. The highest BCUT2D eigenvalue weighted by molar-refractivity contribution is 9.15. The Hall–Kier alpha value is 0.180. The monoisotopic (exact) mass is 600 g/mol. The number of ketones is 2. The predicted octanol–water partition coefficient (Wildman–Crippen LogP) is 6.56. The molecule has 0 aliphatic rings. The molecular weight excluding hydrogens is 600 g/mol. The minimum atomic E-state index is -0.589. The zero-order valence-corrected chi connectivity index (χ0v) is 18.0. The van der Waals surface area contributed by atoms with Crippen LogP contribution in [0.5, 0.6) is 0 Å². The van der Waals surface area contributed by atoms with Crippen LogP contribution in [-0.4, -0.2) is 11.6 Å². The number of carbonyl (C=O) groups excluding carboxylic acids is 2. The van der Waals surface area contributed by atoms with Crippen LogP contribution in [0, 0.1) is 0 Å². The van der Waals surface area contributed by atoms with Crippen molar-refractivity contribution in [3.05, 3.63) is 63.8 Å². The Morgan fingerprint density at radius 1 is 0.619 bits per heavy atom. The van der Waals surface area contributed by atoms with Crippen molar-refractivity contribution in [3.8, 4) is 0 Å². The van der Waals surface area contributed by atoms with Crippen molar-refractivity contribution in [1.29, 1.82) is 0 Å². The van der Waals surface area contributed by atoms with Gasteiger partial charge in [0.15, 0.2) is 0 Å². The van der Waals surface area contributed by atoms with E-state index in [4.69, 9.17) is 0 Å². The second-order valence-corrected chi connectivity index (χ2v) is 7.93. The van der Waals surface area contributed by atoms with E-state index in [2.05, 4.69) is 79.6 Å². The molecule has 0 heterocycles. The van der Waals surface area contributed by atoms with Crippen molar-refractivity contribution in [2.24, 2.45) is 0 Å². The molecule has 0 spiro atoms. The molecule has 0 amide bonds. The lowest BCUT2D eigenvalue weighted by Crippen LogP contribution is -2.16. The lowest BCUT2D eigenvalue weighted by atomic mass is 10.0. The van der Waals surface area contributed by atoms with E-state index in [0.717, 1.165) is 4.47 Å². The first kappa shape index (κ1) is 17.5. The topological polar surface area (TPSA) is 34.1 Å². The Bertz CT molecular complexity index is 712. The van der Waals surface area contributed by atoms with Crippen LogP contribution in [0.1, 0.15) is 20.7 Å². The minimum Gasteiger partial charge on any atom is -0.285 e. The van der Waals surface area contributed by atoms with Gasteiger partial charge < -0.3 is 0 Å². The summed E-state index contributed by atoms with van der Waals surface area (Å²) in [6.45, 7) is 0. The highest BCUT2D eigenvalue weighted by Crippen LogP contribution is 2.44. The molecule has 0 saturated carbocycles. The number of Topliss-reactive ketones (excluding diaryl/α,β-unsaturated/α-hetero) is 2. The van der Waals surface area contributed by atoms with Crippen molar-refractivity contribution in [3.63, 3.8) is 0 Å². The summed E-state index contributed by atoms with van der Waals surface area (Å²) >= 11 is 16.9. The summed E-state index contributed by atoms with van der Waals surface area (Å²) in [5.74, 6) is -1.15. The van der Waals surface area contributed by atoms with E-state index in [-0.39, 0.29) is 5.56 Å². The summed E-state index contributed by atoms with van der Waals surface area (Å²) in [4.78, 5) is 24.9. The van der Waals surface area contributed by atoms with E-state index in [1.54, 1.807) is 30.3 Å². The van der Waals surface area contributed by atoms with E-state index in [1.807, 2.05) is 0 Å². The van der Waals surface area contributed by atoms with Crippen LogP contribution in [0.3, 0.4) is 0 Å². The van der Waals surface area contributed by atoms with Crippen LogP contribution in [0.15, 0.2) is 52.7 Å². The van der Waals surface area contributed by atoms with Gasteiger partial charge in [0.05, 0.1) is 5.56 Å². The molecule has 0 bridgehead atoms. The average molecular weight is 605 g/mol. The van der Waals surface area contributed by atoms with Gasteiger partial charge in [-0.1, -0.05) is 30.3 Å². The molecule has 0 aliphatic heterocycles. The normalized spacial score (nSPS) is 10.5. The fraction of sp³-hybridized carbons (Fsp3) is 0. The summed E-state index contributed by atoms with van der Waals surface area (Å²) in [6, 6.07) is 8.46. The third-order valence-electron chi connectivity index (χ3n) is 2.68. The third-order valence-corrected chi connectivity index (χ3v) is 8.77. The van der Waals surface area contributed by atoms with Gasteiger partial charge in [0.25, 0.3) is 0 Å². The Morgan fingerprint density at radius 3 is 1.52 bits per heavy atom. The van der Waals surface area contributed by atoms with Gasteiger partial charge in [-0.25, -0.2) is 0 Å². The van der Waals surface area contributed by atoms with Crippen molar-refractivity contribution < 1.29 is 9.59 Å². The number of carbonyl (C=O) groups is 2. The van der Waals surface area contributed by atoms with E-state index < -0.39 is 11.6 Å². The van der Waals surface area contributed by atoms with Crippen molar-refractivity contribution in [1.82, 2.24) is 0 Å². The minimum absolute atomic E-state index is 0.269. The van der Waals surface area contributed by atoms with E-state index in [0.29, 0.717) is 23.5 Å². The lowest BCUT2D eigenvalue weighted by Gasteiger charge is -2.12. The van der Waals surface area contributed by atoms with Gasteiger partial charge >= 0.3 is 0 Å². The van der Waals surface area contributed by atoms with Crippen molar-refractivity contribution in [2.45, 2.75) is 0 Å². The maximum atomic E-state index is 12.5. The second kappa shape index (κ2) is 7.17. The molecule has 108 valence electrons. The Labute approximate surface area is 163 Å². The summed E-state index contributed by atoms with van der Waals surface area (Å²) in [5, 5.41) is 0. The summed E-state index contributed by atoms with van der Waals surface area (Å²) in [6.07, 6.45) is 0. The number of rotatable bonds is 3. The zero-order valence-electron chi connectivity index (χ0n) is 10.1. The first-order valence-electron chi connectivity index (χ1n) is 5.51. The van der Waals surface area contributed by atoms with Gasteiger partial charge in [-0.2, -0.15) is 0 Å². The molecule has 0 radical (unpaired) electrons. The van der Waals surface area contributed by atoms with Crippen LogP contribution >= 0.6 is 79.6 Å². The van der Waals surface area contributed by atoms with Gasteiger partial charge in [0.1, 0.15) is 0 Å². The van der Waals surface area contributed by atoms with E-state index in [1.165, 1.54) is 0 Å². The number of hydrogen-bond acceptors (Lipinski definition) is 2. The summed E-state index contributed by atoms with van der Waals surface area (Å²) < 4.78 is 3.07. The standard InChI is InChI=1S/C14H5Br5O2/c15-8-7(9(16)11(18)12(19)10(8)17)14(21)13(20)6-4-2-1-3-5-6/h1-5H. The molecule has 2 aromatic rings. The maximum Gasteiger partial charge on any atom is 0.235 e. The number of halogens is 5. The molecule has 2 aromatic carbocycles. The SMILES string of the molecule is O=C(C(=O)c1c(Br)c(Br)c(Br)c(Br)c1Br)c1ccccc1. The molecule has 0 atom stereocenters. The van der Waals surface area contributed by atoms with Crippen molar-refractivity contribution in [2.75, 3.05) is 0 Å². The van der Waals surface area contributed by atoms with Gasteiger partial charge in [-0.05, 0) is 79.6 Å². The highest BCUT2D eigenvalue weighted by atomic mass is 79.9. The van der Waals surface area contributed by atoms with Crippen LogP contribution in [0.4, 0.5) is 0 Å². The van der Waals surface area contributed by atoms with Gasteiger partial charge in [0, 0.05) is 27.9 Å². The average Bonchev–Trinajstić information content (AvgIpc) is 2.51. The molecule has 0 unspecified atom stereocenters. The fourth-order valence-corrected chi connectivity index (χ4v) is 5.05. The van der Waals surface area contributed by atoms with Crippen LogP contribution in [0.25, 0.3) is 0 Å². The number of hydrogen-bond donors (Lipinski definition) is 0. The highest BCUT2D eigenvalue weighted by Gasteiger charge is 2.27. The molecule has 0 fully saturated rings. The molecule has 0 saturated heterocycles. The van der Waals surface area contributed by atoms with Crippen LogP contribution in [-0.2, 0) is 0 Å². The largest absolute Gasteiger partial charge is 0.285 e. The van der Waals surface area contributed by atoms with Crippen LogP contribution < -0.4 is 0 Å². The zero-order chi connectivity index (χ0) is 15.7. The van der Waals surface area contributed by atoms with Crippen molar-refractivity contribution >= 4 is 91.2 Å². The Morgan fingerprint density at radius 2 is 1.05 bits per heavy atom. The molecule has 0 aliphatic carbocycles. The third kappa shape index (κ3) is 3.42.